The van der Waals surface area contributed by atoms with Crippen LogP contribution >= 0.6 is 15.9 Å². The first-order valence-electron chi connectivity index (χ1n) is 3.20. The Hall–Kier alpha value is -0.900. The van der Waals surface area contributed by atoms with Crippen LogP contribution in [0.5, 0.6) is 0 Å². The molecule has 4 heteroatoms. The highest BCUT2D eigenvalue weighted by Gasteiger charge is 1.99. The van der Waals surface area contributed by atoms with Gasteiger partial charge in [-0.25, -0.2) is 9.97 Å². The smallest absolute Gasteiger partial charge is 0.177 e. The van der Waals surface area contributed by atoms with Crippen LogP contribution in [0.3, 0.4) is 0 Å². The van der Waals surface area contributed by atoms with Gasteiger partial charge in [0.05, 0.1) is 11.8 Å². The van der Waals surface area contributed by atoms with Crippen LogP contribution in [0.15, 0.2) is 23.1 Å². The number of aryl methyl sites for hydroxylation is 1. The summed E-state index contributed by atoms with van der Waals surface area (Å²) in [5.74, 6) is 0. The van der Waals surface area contributed by atoms with Crippen molar-refractivity contribution >= 4 is 27.1 Å². The van der Waals surface area contributed by atoms with Crippen LogP contribution < -0.4 is 0 Å². The van der Waals surface area contributed by atoms with Gasteiger partial charge in [0.2, 0.25) is 0 Å². The lowest BCUT2D eigenvalue weighted by atomic mass is 10.4. The number of rotatable bonds is 0. The van der Waals surface area contributed by atoms with Crippen molar-refractivity contribution in [2.45, 2.75) is 0 Å². The maximum atomic E-state index is 4.12. The van der Waals surface area contributed by atoms with E-state index in [0.717, 1.165) is 15.6 Å². The zero-order valence-corrected chi connectivity index (χ0v) is 7.54. The Morgan fingerprint density at radius 1 is 1.45 bits per heavy atom. The van der Waals surface area contributed by atoms with Crippen LogP contribution in [0, 0.1) is 0 Å². The Labute approximate surface area is 72.2 Å². The van der Waals surface area contributed by atoms with E-state index in [-0.39, 0.29) is 0 Å². The van der Waals surface area contributed by atoms with Gasteiger partial charge in [-0.15, -0.1) is 0 Å². The van der Waals surface area contributed by atoms with Gasteiger partial charge in [0, 0.05) is 17.7 Å². The van der Waals surface area contributed by atoms with Gasteiger partial charge in [-0.3, -0.25) is 0 Å². The van der Waals surface area contributed by atoms with Gasteiger partial charge >= 0.3 is 0 Å². The molecule has 3 nitrogen and oxygen atoms in total. The molecule has 0 bridgehead atoms. The van der Waals surface area contributed by atoms with Gasteiger partial charge in [-0.2, -0.15) is 0 Å². The summed E-state index contributed by atoms with van der Waals surface area (Å²) >= 11 is 3.35. The van der Waals surface area contributed by atoms with Crippen LogP contribution in [0.4, 0.5) is 0 Å². The third-order valence-electron chi connectivity index (χ3n) is 1.55. The summed E-state index contributed by atoms with van der Waals surface area (Å²) in [5.41, 5.74) is 1.83. The lowest BCUT2D eigenvalue weighted by Gasteiger charge is -1.92. The third kappa shape index (κ3) is 1.03. The topological polar surface area (TPSA) is 30.7 Å². The molecule has 2 heterocycles. The number of imidazole rings is 1. The molecular weight excluding hydrogens is 206 g/mol. The zero-order valence-electron chi connectivity index (χ0n) is 5.95. The van der Waals surface area contributed by atoms with Gasteiger partial charge in [-0.05, 0) is 22.0 Å². The van der Waals surface area contributed by atoms with Gasteiger partial charge in [-0.1, -0.05) is 0 Å². The molecule has 0 fully saturated rings. The minimum absolute atomic E-state index is 0.788. The fraction of sp³-hybridized carbons (Fsp3) is 0.143. The van der Waals surface area contributed by atoms with Crippen molar-refractivity contribution in [3.63, 3.8) is 0 Å². The molecule has 56 valence electrons. The summed E-state index contributed by atoms with van der Waals surface area (Å²) in [4.78, 5) is 8.21. The Balaban J connectivity index is 2.87. The van der Waals surface area contributed by atoms with Gasteiger partial charge in [0.15, 0.2) is 5.65 Å². The molecule has 0 radical (unpaired) electrons. The van der Waals surface area contributed by atoms with Crippen LogP contribution in [-0.4, -0.2) is 14.5 Å². The molecule has 11 heavy (non-hydrogen) atoms. The maximum Gasteiger partial charge on any atom is 0.177 e. The molecule has 0 aromatic carbocycles. The van der Waals surface area contributed by atoms with E-state index in [1.54, 1.807) is 12.5 Å². The molecule has 0 spiro atoms. The summed E-state index contributed by atoms with van der Waals surface area (Å²) in [6.07, 6.45) is 3.50. The largest absolute Gasteiger partial charge is 0.332 e. The van der Waals surface area contributed by atoms with Crippen LogP contribution in [0.2, 0.25) is 0 Å². The molecule has 0 aliphatic heterocycles. The Bertz CT molecular complexity index is 393. The minimum Gasteiger partial charge on any atom is -0.332 e. The van der Waals surface area contributed by atoms with E-state index in [9.17, 15) is 0 Å². The molecule has 0 atom stereocenters. The summed E-state index contributed by atoms with van der Waals surface area (Å²) in [7, 11) is 1.95. The van der Waals surface area contributed by atoms with E-state index in [2.05, 4.69) is 25.9 Å². The molecule has 2 rings (SSSR count). The maximum absolute atomic E-state index is 4.12. The summed E-state index contributed by atoms with van der Waals surface area (Å²) in [6, 6.07) is 2.00. The summed E-state index contributed by atoms with van der Waals surface area (Å²) in [5, 5.41) is 0. The summed E-state index contributed by atoms with van der Waals surface area (Å²) in [6.45, 7) is 0. The number of nitrogens with zero attached hydrogens (tertiary/aromatic N) is 3. The number of pyridine rings is 1. The Morgan fingerprint density at radius 3 is 3.09 bits per heavy atom. The first kappa shape index (κ1) is 6.79. The van der Waals surface area contributed by atoms with Crippen LogP contribution in [0.25, 0.3) is 11.2 Å². The lowest BCUT2D eigenvalue weighted by Crippen LogP contribution is -1.84. The van der Waals surface area contributed by atoms with Crippen molar-refractivity contribution in [2.75, 3.05) is 0 Å². The third-order valence-corrected chi connectivity index (χ3v) is 1.98. The second kappa shape index (κ2) is 2.30. The SMILES string of the molecule is Cn1cnc2ncc(Br)cc21. The van der Waals surface area contributed by atoms with E-state index in [0.29, 0.717) is 0 Å². The van der Waals surface area contributed by atoms with E-state index in [4.69, 9.17) is 0 Å². The van der Waals surface area contributed by atoms with E-state index >= 15 is 0 Å². The molecule has 0 saturated carbocycles. The second-order valence-electron chi connectivity index (χ2n) is 2.35. The van der Waals surface area contributed by atoms with Crippen molar-refractivity contribution in [1.29, 1.82) is 0 Å². The molecule has 2 aromatic rings. The number of hydrogen-bond donors (Lipinski definition) is 0. The monoisotopic (exact) mass is 211 g/mol. The van der Waals surface area contributed by atoms with Gasteiger partial charge in [0.25, 0.3) is 0 Å². The average Bonchev–Trinajstić information content (AvgIpc) is 2.33. The molecule has 0 saturated heterocycles. The highest BCUT2D eigenvalue weighted by atomic mass is 79.9. The highest BCUT2D eigenvalue weighted by molar-refractivity contribution is 9.10. The van der Waals surface area contributed by atoms with E-state index in [1.807, 2.05) is 17.7 Å². The molecule has 0 aliphatic carbocycles. The normalized spacial score (nSPS) is 10.7. The van der Waals surface area contributed by atoms with Crippen molar-refractivity contribution in [2.24, 2.45) is 7.05 Å². The number of hydrogen-bond acceptors (Lipinski definition) is 2. The van der Waals surface area contributed by atoms with Crippen LogP contribution in [0.1, 0.15) is 0 Å². The molecular formula is C7H6BrN3. The van der Waals surface area contributed by atoms with Crippen molar-refractivity contribution < 1.29 is 0 Å². The first-order chi connectivity index (χ1) is 5.27. The fourth-order valence-corrected chi connectivity index (χ4v) is 1.30. The van der Waals surface area contributed by atoms with Gasteiger partial charge in [0.1, 0.15) is 0 Å². The number of halogens is 1. The first-order valence-corrected chi connectivity index (χ1v) is 3.99. The highest BCUT2D eigenvalue weighted by Crippen LogP contribution is 2.14. The quantitative estimate of drug-likeness (QED) is 0.665. The second-order valence-corrected chi connectivity index (χ2v) is 3.27. The average molecular weight is 212 g/mol. The van der Waals surface area contributed by atoms with Crippen molar-refractivity contribution in [3.8, 4) is 0 Å². The predicted octanol–water partition coefficient (Wildman–Crippen LogP) is 1.73. The van der Waals surface area contributed by atoms with Crippen LogP contribution in [-0.2, 0) is 7.05 Å². The molecule has 0 aliphatic rings. The Kier molecular flexibility index (Phi) is 1.42. The predicted molar refractivity (Wildman–Crippen MR) is 46.2 cm³/mol. The van der Waals surface area contributed by atoms with Crippen molar-refractivity contribution in [1.82, 2.24) is 14.5 Å². The van der Waals surface area contributed by atoms with E-state index in [1.165, 1.54) is 0 Å². The lowest BCUT2D eigenvalue weighted by molar-refractivity contribution is 0.947. The summed E-state index contributed by atoms with van der Waals surface area (Å²) < 4.78 is 2.92. The minimum atomic E-state index is 0.788. The molecule has 0 amide bonds. The zero-order chi connectivity index (χ0) is 7.84. The molecule has 2 aromatic heterocycles. The van der Waals surface area contributed by atoms with Crippen molar-refractivity contribution in [3.05, 3.63) is 23.1 Å². The van der Waals surface area contributed by atoms with Gasteiger partial charge < -0.3 is 4.57 Å². The number of fused-ring (bicyclic) bond motifs is 1. The molecule has 0 N–H and O–H groups in total. The number of aromatic nitrogens is 3. The van der Waals surface area contributed by atoms with E-state index < -0.39 is 0 Å². The molecule has 0 unspecified atom stereocenters. The fourth-order valence-electron chi connectivity index (χ4n) is 0.984. The Morgan fingerprint density at radius 2 is 2.27 bits per heavy atom. The standard InChI is InChI=1S/C7H6BrN3/c1-11-4-10-7-6(11)2-5(8)3-9-7/h2-4H,1H3.